The minimum absolute atomic E-state index is 0.0282. The van der Waals surface area contributed by atoms with E-state index in [4.69, 9.17) is 21.1 Å². The number of ether oxygens (including phenoxy) is 2. The van der Waals surface area contributed by atoms with Crippen molar-refractivity contribution in [1.29, 1.82) is 0 Å². The van der Waals surface area contributed by atoms with Gasteiger partial charge in [-0.3, -0.25) is 9.78 Å². The predicted molar refractivity (Wildman–Crippen MR) is 139 cm³/mol. The Labute approximate surface area is 215 Å². The molecule has 2 aromatic carbocycles. The molecule has 0 aliphatic carbocycles. The summed E-state index contributed by atoms with van der Waals surface area (Å²) >= 11 is 6.05. The van der Waals surface area contributed by atoms with Crippen molar-refractivity contribution in [3.05, 3.63) is 53.7 Å². The van der Waals surface area contributed by atoms with Gasteiger partial charge in [0, 0.05) is 54.5 Å². The van der Waals surface area contributed by atoms with E-state index in [0.717, 1.165) is 16.6 Å². The quantitative estimate of drug-likeness (QED) is 0.406. The lowest BCUT2D eigenvalue weighted by Gasteiger charge is -2.31. The first-order chi connectivity index (χ1) is 17.3. The first kappa shape index (κ1) is 26.0. The second-order valence-corrected chi connectivity index (χ2v) is 10.8. The van der Waals surface area contributed by atoms with Gasteiger partial charge in [-0.15, -0.1) is 0 Å². The minimum Gasteiger partial charge on any atom is -0.497 e. The van der Waals surface area contributed by atoms with E-state index in [0.29, 0.717) is 43.2 Å². The van der Waals surface area contributed by atoms with Crippen molar-refractivity contribution in [2.45, 2.75) is 17.7 Å². The van der Waals surface area contributed by atoms with Gasteiger partial charge < -0.3 is 20.1 Å². The highest BCUT2D eigenvalue weighted by atomic mass is 35.5. The Kier molecular flexibility index (Phi) is 8.17. The minimum atomic E-state index is -3.87. The van der Waals surface area contributed by atoms with Gasteiger partial charge in [-0.05, 0) is 49.2 Å². The van der Waals surface area contributed by atoms with E-state index in [1.807, 2.05) is 18.2 Å². The maximum absolute atomic E-state index is 13.4. The van der Waals surface area contributed by atoms with Crippen LogP contribution in [0.15, 0.2) is 53.6 Å². The number of carbonyl (C=O) groups excluding carboxylic acids is 1. The number of halogens is 1. The normalized spacial score (nSPS) is 16.5. The van der Waals surface area contributed by atoms with E-state index >= 15 is 0 Å². The summed E-state index contributed by atoms with van der Waals surface area (Å²) in [4.78, 5) is 17.2. The Morgan fingerprint density at radius 3 is 2.75 bits per heavy atom. The van der Waals surface area contributed by atoms with Gasteiger partial charge in [0.25, 0.3) is 0 Å². The number of anilines is 1. The summed E-state index contributed by atoms with van der Waals surface area (Å²) in [5.41, 5.74) is 1.68. The maximum atomic E-state index is 13.4. The molecule has 2 heterocycles. The number of pyridine rings is 1. The number of nitrogens with one attached hydrogen (secondary N) is 2. The van der Waals surface area contributed by atoms with Crippen LogP contribution >= 0.6 is 11.6 Å². The SMILES string of the molecule is COc1ccc(OC)c(S(=O)(=O)N2CCC[C@H](C(=O)NCCNc3ccnc4cc(Cl)ccc34)C2)c1. The molecule has 1 aliphatic rings. The number of aromatic nitrogens is 1. The lowest BCUT2D eigenvalue weighted by Crippen LogP contribution is -2.46. The van der Waals surface area contributed by atoms with Crippen LogP contribution in [-0.2, 0) is 14.8 Å². The molecule has 0 spiro atoms. The number of hydrogen-bond acceptors (Lipinski definition) is 7. The topological polar surface area (TPSA) is 110 Å². The molecule has 1 aliphatic heterocycles. The van der Waals surface area contributed by atoms with Crippen LogP contribution in [0.1, 0.15) is 12.8 Å². The molecule has 0 radical (unpaired) electrons. The first-order valence-electron chi connectivity index (χ1n) is 11.6. The van der Waals surface area contributed by atoms with Crippen LogP contribution in [0.25, 0.3) is 10.9 Å². The van der Waals surface area contributed by atoms with Crippen molar-refractivity contribution in [3.8, 4) is 11.5 Å². The van der Waals surface area contributed by atoms with E-state index in [2.05, 4.69) is 15.6 Å². The molecule has 192 valence electrons. The third kappa shape index (κ3) is 5.66. The highest BCUT2D eigenvalue weighted by Gasteiger charge is 2.35. The monoisotopic (exact) mass is 532 g/mol. The Balaban J connectivity index is 1.36. The van der Waals surface area contributed by atoms with Crippen LogP contribution < -0.4 is 20.1 Å². The van der Waals surface area contributed by atoms with Crippen LogP contribution in [0.5, 0.6) is 11.5 Å². The van der Waals surface area contributed by atoms with Gasteiger partial charge in [-0.2, -0.15) is 4.31 Å². The summed E-state index contributed by atoms with van der Waals surface area (Å²) < 4.78 is 38.6. The van der Waals surface area contributed by atoms with Crippen LogP contribution in [0.3, 0.4) is 0 Å². The predicted octanol–water partition coefficient (Wildman–Crippen LogP) is 3.53. The molecule has 1 aromatic heterocycles. The fourth-order valence-electron chi connectivity index (χ4n) is 4.30. The molecule has 2 N–H and O–H groups in total. The average Bonchev–Trinajstić information content (AvgIpc) is 2.90. The molecule has 0 saturated carbocycles. The zero-order valence-corrected chi connectivity index (χ0v) is 21.7. The van der Waals surface area contributed by atoms with Gasteiger partial charge in [0.05, 0.1) is 25.7 Å². The molecule has 11 heteroatoms. The van der Waals surface area contributed by atoms with Gasteiger partial charge in [-0.25, -0.2) is 8.42 Å². The third-order valence-corrected chi connectivity index (χ3v) is 8.31. The number of methoxy groups -OCH3 is 2. The van der Waals surface area contributed by atoms with Crippen LogP contribution in [0.4, 0.5) is 5.69 Å². The number of sulfonamides is 1. The number of fused-ring (bicyclic) bond motifs is 1. The number of nitrogens with zero attached hydrogens (tertiary/aromatic N) is 2. The van der Waals surface area contributed by atoms with Gasteiger partial charge in [0.2, 0.25) is 15.9 Å². The molecular formula is C25H29ClN4O5S. The van der Waals surface area contributed by atoms with Crippen LogP contribution in [-0.4, -0.2) is 64.0 Å². The molecule has 3 aromatic rings. The molecule has 0 bridgehead atoms. The number of carbonyl (C=O) groups is 1. The Bertz CT molecular complexity index is 1350. The van der Waals surface area contributed by atoms with E-state index in [1.54, 1.807) is 24.4 Å². The second kappa shape index (κ2) is 11.3. The molecule has 1 amide bonds. The molecule has 36 heavy (non-hydrogen) atoms. The van der Waals surface area contributed by atoms with Gasteiger partial charge in [0.15, 0.2) is 0 Å². The lowest BCUT2D eigenvalue weighted by molar-refractivity contribution is -0.125. The van der Waals surface area contributed by atoms with Crippen LogP contribution in [0.2, 0.25) is 5.02 Å². The number of piperidine rings is 1. The fourth-order valence-corrected chi connectivity index (χ4v) is 6.16. The highest BCUT2D eigenvalue weighted by Crippen LogP contribution is 2.32. The molecule has 9 nitrogen and oxygen atoms in total. The van der Waals surface area contributed by atoms with Crippen molar-refractivity contribution in [2.24, 2.45) is 5.92 Å². The van der Waals surface area contributed by atoms with E-state index in [1.165, 1.54) is 24.6 Å². The molecule has 4 rings (SSSR count). The van der Waals surface area contributed by atoms with Crippen molar-refractivity contribution in [1.82, 2.24) is 14.6 Å². The summed E-state index contributed by atoms with van der Waals surface area (Å²) in [7, 11) is -0.973. The van der Waals surface area contributed by atoms with E-state index in [9.17, 15) is 13.2 Å². The molecule has 1 atom stereocenters. The Morgan fingerprint density at radius 1 is 1.14 bits per heavy atom. The van der Waals surface area contributed by atoms with Crippen molar-refractivity contribution < 1.29 is 22.7 Å². The summed E-state index contributed by atoms with van der Waals surface area (Å²) in [5, 5.41) is 7.80. The summed E-state index contributed by atoms with van der Waals surface area (Å²) in [5.74, 6) is 0.0484. The van der Waals surface area contributed by atoms with Gasteiger partial charge >= 0.3 is 0 Å². The van der Waals surface area contributed by atoms with Gasteiger partial charge in [0.1, 0.15) is 16.4 Å². The van der Waals surface area contributed by atoms with Crippen molar-refractivity contribution in [2.75, 3.05) is 45.7 Å². The van der Waals surface area contributed by atoms with Gasteiger partial charge in [-0.1, -0.05) is 11.6 Å². The second-order valence-electron chi connectivity index (χ2n) is 8.46. The third-order valence-electron chi connectivity index (χ3n) is 6.19. The lowest BCUT2D eigenvalue weighted by atomic mass is 9.99. The van der Waals surface area contributed by atoms with Crippen molar-refractivity contribution in [3.63, 3.8) is 0 Å². The first-order valence-corrected chi connectivity index (χ1v) is 13.4. The largest absolute Gasteiger partial charge is 0.497 e. The number of amides is 1. The zero-order chi connectivity index (χ0) is 25.7. The molecule has 1 fully saturated rings. The summed E-state index contributed by atoms with van der Waals surface area (Å²) in [6, 6.07) is 12.0. The zero-order valence-electron chi connectivity index (χ0n) is 20.2. The smallest absolute Gasteiger partial charge is 0.246 e. The van der Waals surface area contributed by atoms with E-state index < -0.39 is 15.9 Å². The Hall–Kier alpha value is -3.08. The van der Waals surface area contributed by atoms with E-state index in [-0.39, 0.29) is 23.1 Å². The standard InChI is InChI=1S/C25H29ClN4O5S/c1-34-19-6-8-23(35-2)24(15-19)36(32,33)30-13-3-4-17(16-30)25(31)29-12-11-28-21-9-10-27-22-14-18(26)5-7-20(21)22/h5-10,14-15,17H,3-4,11-13,16H2,1-2H3,(H,27,28)(H,29,31)/t17-/m0/s1. The highest BCUT2D eigenvalue weighted by molar-refractivity contribution is 7.89. The molecule has 1 saturated heterocycles. The number of benzene rings is 2. The van der Waals surface area contributed by atoms with Crippen molar-refractivity contribution >= 4 is 44.1 Å². The summed E-state index contributed by atoms with van der Waals surface area (Å²) in [6.07, 6.45) is 2.91. The fraction of sp³-hybridized carbons (Fsp3) is 0.360. The molecular weight excluding hydrogens is 504 g/mol. The average molecular weight is 533 g/mol. The number of rotatable bonds is 9. The summed E-state index contributed by atoms with van der Waals surface area (Å²) in [6.45, 7) is 1.34. The molecule has 0 unspecified atom stereocenters. The Morgan fingerprint density at radius 2 is 1.97 bits per heavy atom. The maximum Gasteiger partial charge on any atom is 0.246 e. The van der Waals surface area contributed by atoms with Crippen LogP contribution in [0, 0.1) is 5.92 Å². The number of hydrogen-bond donors (Lipinski definition) is 2.